The smallest absolute Gasteiger partial charge is 0.156 e. The molecule has 5 rings (SSSR count). The van der Waals surface area contributed by atoms with Crippen molar-refractivity contribution in [2.24, 2.45) is 17.8 Å². The SMILES string of the molecule is CC(C)NCc1nc(C23CC4CC(CC(C4)C2)C3)n[nH]1. The summed E-state index contributed by atoms with van der Waals surface area (Å²) in [6.07, 6.45) is 8.46. The Kier molecular flexibility index (Phi) is 2.92. The second-order valence-electron chi connectivity index (χ2n) is 7.84. The Labute approximate surface area is 121 Å². The molecule has 0 aromatic carbocycles. The van der Waals surface area contributed by atoms with Gasteiger partial charge in [-0.3, -0.25) is 5.10 Å². The molecule has 0 spiro atoms. The van der Waals surface area contributed by atoms with Crippen LogP contribution in [0.25, 0.3) is 0 Å². The van der Waals surface area contributed by atoms with Gasteiger partial charge in [0.25, 0.3) is 0 Å². The standard InChI is InChI=1S/C16H26N4/c1-10(2)17-9-14-18-15(20-19-14)16-6-11-3-12(7-16)5-13(4-11)8-16/h10-13,17H,3-9H2,1-2H3,(H,18,19,20). The zero-order valence-corrected chi connectivity index (χ0v) is 12.7. The molecule has 4 fully saturated rings. The average Bonchev–Trinajstić information content (AvgIpc) is 2.84. The van der Waals surface area contributed by atoms with Crippen LogP contribution in [-0.2, 0) is 12.0 Å². The topological polar surface area (TPSA) is 53.6 Å². The van der Waals surface area contributed by atoms with Gasteiger partial charge in [-0.25, -0.2) is 4.98 Å². The van der Waals surface area contributed by atoms with Crippen molar-refractivity contribution < 1.29 is 0 Å². The van der Waals surface area contributed by atoms with Crippen molar-refractivity contribution in [3.63, 3.8) is 0 Å². The fraction of sp³-hybridized carbons (Fsp3) is 0.875. The summed E-state index contributed by atoms with van der Waals surface area (Å²) < 4.78 is 0. The van der Waals surface area contributed by atoms with E-state index < -0.39 is 0 Å². The van der Waals surface area contributed by atoms with Crippen molar-refractivity contribution in [2.75, 3.05) is 0 Å². The average molecular weight is 274 g/mol. The lowest BCUT2D eigenvalue weighted by molar-refractivity contribution is -0.00925. The zero-order valence-electron chi connectivity index (χ0n) is 12.7. The van der Waals surface area contributed by atoms with E-state index in [0.29, 0.717) is 11.5 Å². The first kappa shape index (κ1) is 12.8. The van der Waals surface area contributed by atoms with Gasteiger partial charge in [-0.05, 0) is 56.3 Å². The maximum atomic E-state index is 4.84. The van der Waals surface area contributed by atoms with Gasteiger partial charge in [-0.15, -0.1) is 0 Å². The maximum Gasteiger partial charge on any atom is 0.156 e. The van der Waals surface area contributed by atoms with Gasteiger partial charge in [0.05, 0.1) is 6.54 Å². The van der Waals surface area contributed by atoms with Crippen molar-refractivity contribution in [3.8, 4) is 0 Å². The number of hydrogen-bond donors (Lipinski definition) is 2. The van der Waals surface area contributed by atoms with E-state index in [1.54, 1.807) is 0 Å². The number of H-pyrrole nitrogens is 1. The number of aromatic amines is 1. The molecule has 0 atom stereocenters. The summed E-state index contributed by atoms with van der Waals surface area (Å²) >= 11 is 0. The summed E-state index contributed by atoms with van der Waals surface area (Å²) in [5.74, 6) is 4.99. The van der Waals surface area contributed by atoms with Gasteiger partial charge in [0.15, 0.2) is 5.82 Å². The second-order valence-corrected chi connectivity index (χ2v) is 7.84. The third-order valence-corrected chi connectivity index (χ3v) is 5.72. The first-order valence-electron chi connectivity index (χ1n) is 8.28. The van der Waals surface area contributed by atoms with E-state index in [4.69, 9.17) is 4.98 Å². The zero-order chi connectivity index (χ0) is 13.7. The Balaban J connectivity index is 1.55. The Bertz CT molecular complexity index is 455. The van der Waals surface area contributed by atoms with Crippen LogP contribution in [0.2, 0.25) is 0 Å². The van der Waals surface area contributed by atoms with Crippen LogP contribution in [0, 0.1) is 17.8 Å². The summed E-state index contributed by atoms with van der Waals surface area (Å²) in [6.45, 7) is 5.13. The summed E-state index contributed by atoms with van der Waals surface area (Å²) in [7, 11) is 0. The summed E-state index contributed by atoms with van der Waals surface area (Å²) in [4.78, 5) is 4.84. The van der Waals surface area contributed by atoms with E-state index >= 15 is 0 Å². The number of hydrogen-bond acceptors (Lipinski definition) is 3. The van der Waals surface area contributed by atoms with Crippen LogP contribution in [0.5, 0.6) is 0 Å². The molecule has 0 radical (unpaired) electrons. The van der Waals surface area contributed by atoms with E-state index in [2.05, 4.69) is 29.4 Å². The normalized spacial score (nSPS) is 38.9. The predicted molar refractivity (Wildman–Crippen MR) is 78.2 cm³/mol. The first-order valence-corrected chi connectivity index (χ1v) is 8.28. The van der Waals surface area contributed by atoms with E-state index in [-0.39, 0.29) is 0 Å². The molecule has 110 valence electrons. The van der Waals surface area contributed by atoms with Crippen LogP contribution in [0.1, 0.15) is 64.0 Å². The lowest BCUT2D eigenvalue weighted by atomic mass is 9.49. The van der Waals surface area contributed by atoms with Crippen molar-refractivity contribution in [1.82, 2.24) is 20.5 Å². The molecule has 0 aliphatic heterocycles. The fourth-order valence-corrected chi connectivity index (χ4v) is 5.30. The molecule has 0 saturated heterocycles. The molecule has 1 heterocycles. The van der Waals surface area contributed by atoms with Crippen molar-refractivity contribution in [1.29, 1.82) is 0 Å². The molecule has 4 heteroatoms. The number of nitrogens with one attached hydrogen (secondary N) is 2. The highest BCUT2D eigenvalue weighted by Crippen LogP contribution is 2.60. The second kappa shape index (κ2) is 4.55. The minimum atomic E-state index is 0.321. The molecule has 4 bridgehead atoms. The first-order chi connectivity index (χ1) is 9.63. The lowest BCUT2D eigenvalue weighted by Crippen LogP contribution is -2.49. The van der Waals surface area contributed by atoms with Gasteiger partial charge in [0, 0.05) is 11.5 Å². The number of rotatable bonds is 4. The van der Waals surface area contributed by atoms with E-state index in [1.165, 1.54) is 38.5 Å². The molecule has 4 nitrogen and oxygen atoms in total. The van der Waals surface area contributed by atoms with Gasteiger partial charge in [-0.2, -0.15) is 5.10 Å². The maximum absolute atomic E-state index is 4.84. The largest absolute Gasteiger partial charge is 0.308 e. The van der Waals surface area contributed by atoms with Gasteiger partial charge in [0.1, 0.15) is 5.82 Å². The van der Waals surface area contributed by atoms with Crippen LogP contribution in [-0.4, -0.2) is 21.2 Å². The molecule has 2 N–H and O–H groups in total. The highest BCUT2D eigenvalue weighted by atomic mass is 15.2. The van der Waals surface area contributed by atoms with Crippen LogP contribution in [0.3, 0.4) is 0 Å². The molecule has 1 aromatic rings. The highest BCUT2D eigenvalue weighted by Gasteiger charge is 2.53. The van der Waals surface area contributed by atoms with Crippen LogP contribution in [0.15, 0.2) is 0 Å². The monoisotopic (exact) mass is 274 g/mol. The summed E-state index contributed by atoms with van der Waals surface area (Å²) in [5, 5.41) is 11.2. The van der Waals surface area contributed by atoms with Crippen LogP contribution >= 0.6 is 0 Å². The molecule has 0 unspecified atom stereocenters. The van der Waals surface area contributed by atoms with E-state index in [1.807, 2.05) is 0 Å². The fourth-order valence-electron chi connectivity index (χ4n) is 5.30. The van der Waals surface area contributed by atoms with Gasteiger partial charge >= 0.3 is 0 Å². The van der Waals surface area contributed by atoms with Gasteiger partial charge in [0.2, 0.25) is 0 Å². The summed E-state index contributed by atoms with van der Waals surface area (Å²) in [5.41, 5.74) is 0.321. The quantitative estimate of drug-likeness (QED) is 0.887. The molecular weight excluding hydrogens is 248 g/mol. The Hall–Kier alpha value is -0.900. The third kappa shape index (κ3) is 2.09. The Morgan fingerprint density at radius 3 is 2.30 bits per heavy atom. The lowest BCUT2D eigenvalue weighted by Gasteiger charge is -2.55. The van der Waals surface area contributed by atoms with Crippen molar-refractivity contribution in [3.05, 3.63) is 11.6 Å². The van der Waals surface area contributed by atoms with Crippen molar-refractivity contribution in [2.45, 2.75) is 70.4 Å². The van der Waals surface area contributed by atoms with E-state index in [9.17, 15) is 0 Å². The number of aromatic nitrogens is 3. The van der Waals surface area contributed by atoms with Crippen LogP contribution < -0.4 is 5.32 Å². The van der Waals surface area contributed by atoms with Gasteiger partial charge < -0.3 is 5.32 Å². The molecular formula is C16H26N4. The molecule has 1 aromatic heterocycles. The predicted octanol–water partition coefficient (Wildman–Crippen LogP) is 2.77. The molecule has 4 aliphatic carbocycles. The Morgan fingerprint density at radius 1 is 1.15 bits per heavy atom. The van der Waals surface area contributed by atoms with Gasteiger partial charge in [-0.1, -0.05) is 13.8 Å². The molecule has 20 heavy (non-hydrogen) atoms. The molecule has 4 aliphatic rings. The number of nitrogens with zero attached hydrogens (tertiary/aromatic N) is 2. The molecule has 0 amide bonds. The summed E-state index contributed by atoms with van der Waals surface area (Å²) in [6, 6.07) is 0.489. The van der Waals surface area contributed by atoms with Crippen LogP contribution in [0.4, 0.5) is 0 Å². The van der Waals surface area contributed by atoms with Crippen molar-refractivity contribution >= 4 is 0 Å². The highest BCUT2D eigenvalue weighted by molar-refractivity contribution is 5.17. The third-order valence-electron chi connectivity index (χ3n) is 5.72. The Morgan fingerprint density at radius 2 is 1.75 bits per heavy atom. The molecule has 4 saturated carbocycles. The van der Waals surface area contributed by atoms with E-state index in [0.717, 1.165) is 35.9 Å². The minimum Gasteiger partial charge on any atom is -0.308 e. The minimum absolute atomic E-state index is 0.321.